The van der Waals surface area contributed by atoms with E-state index in [-0.39, 0.29) is 0 Å². The van der Waals surface area contributed by atoms with Crippen LogP contribution in [-0.4, -0.2) is 15.7 Å². The molecule has 1 aromatic heterocycles. The fraction of sp³-hybridized carbons (Fsp3) is 0.167. The average molecular weight is 343 g/mol. The topological polar surface area (TPSA) is 37.8 Å². The lowest BCUT2D eigenvalue weighted by atomic mass is 10.3. The van der Waals surface area contributed by atoms with Crippen molar-refractivity contribution in [3.05, 3.63) is 39.7 Å². The van der Waals surface area contributed by atoms with Crippen LogP contribution >= 0.6 is 39.3 Å². The van der Waals surface area contributed by atoms with Crippen molar-refractivity contribution in [1.82, 2.24) is 9.97 Å². The molecular weight excluding hydrogens is 334 g/mol. The molecule has 92 valence electrons. The first kappa shape index (κ1) is 12.3. The van der Waals surface area contributed by atoms with Gasteiger partial charge in [-0.25, -0.2) is 4.98 Å². The van der Waals surface area contributed by atoms with Crippen LogP contribution in [0.2, 0.25) is 5.28 Å². The van der Waals surface area contributed by atoms with Gasteiger partial charge in [-0.05, 0) is 29.8 Å². The standard InChI is InChI=1S/C12H9BrClN3S/c13-7-2-1-3-8(6-7)15-11-10-9(4-5-18-10)16-12(14)17-11/h1-3,6H,4-5H2,(H,15,16,17). The summed E-state index contributed by atoms with van der Waals surface area (Å²) in [4.78, 5) is 9.65. The van der Waals surface area contributed by atoms with E-state index in [1.807, 2.05) is 24.3 Å². The number of hydrogen-bond acceptors (Lipinski definition) is 4. The van der Waals surface area contributed by atoms with Crippen molar-refractivity contribution in [3.8, 4) is 0 Å². The number of aryl methyl sites for hydroxylation is 1. The number of hydrogen-bond donors (Lipinski definition) is 1. The maximum atomic E-state index is 5.95. The molecule has 3 rings (SSSR count). The van der Waals surface area contributed by atoms with Gasteiger partial charge in [0.15, 0.2) is 0 Å². The third-order valence-electron chi connectivity index (χ3n) is 2.58. The predicted octanol–water partition coefficient (Wildman–Crippen LogP) is 4.28. The molecule has 0 bridgehead atoms. The minimum atomic E-state index is 0.300. The second-order valence-corrected chi connectivity index (χ2v) is 6.21. The molecular formula is C12H9BrClN3S. The zero-order valence-corrected chi connectivity index (χ0v) is 12.4. The van der Waals surface area contributed by atoms with E-state index in [0.717, 1.165) is 38.7 Å². The quantitative estimate of drug-likeness (QED) is 0.826. The zero-order valence-electron chi connectivity index (χ0n) is 9.28. The summed E-state index contributed by atoms with van der Waals surface area (Å²) in [6, 6.07) is 7.95. The number of nitrogens with one attached hydrogen (secondary N) is 1. The highest BCUT2D eigenvalue weighted by Gasteiger charge is 2.19. The molecule has 6 heteroatoms. The van der Waals surface area contributed by atoms with Crippen molar-refractivity contribution < 1.29 is 0 Å². The second kappa shape index (κ2) is 5.07. The van der Waals surface area contributed by atoms with Crippen molar-refractivity contribution in [2.75, 3.05) is 11.1 Å². The summed E-state index contributed by atoms with van der Waals surface area (Å²) in [7, 11) is 0. The van der Waals surface area contributed by atoms with Gasteiger partial charge >= 0.3 is 0 Å². The molecule has 0 aliphatic carbocycles. The first-order valence-corrected chi connectivity index (χ1v) is 7.60. The number of nitrogens with zero attached hydrogens (tertiary/aromatic N) is 2. The minimum Gasteiger partial charge on any atom is -0.339 e. The lowest BCUT2D eigenvalue weighted by molar-refractivity contribution is 0.980. The molecule has 18 heavy (non-hydrogen) atoms. The Balaban J connectivity index is 1.98. The van der Waals surface area contributed by atoms with Crippen LogP contribution in [0.5, 0.6) is 0 Å². The number of halogens is 2. The molecule has 2 heterocycles. The number of benzene rings is 1. The van der Waals surface area contributed by atoms with E-state index in [2.05, 4.69) is 31.2 Å². The zero-order chi connectivity index (χ0) is 12.5. The first-order chi connectivity index (χ1) is 8.72. The highest BCUT2D eigenvalue weighted by Crippen LogP contribution is 2.37. The highest BCUT2D eigenvalue weighted by atomic mass is 79.9. The predicted molar refractivity (Wildman–Crippen MR) is 78.9 cm³/mol. The SMILES string of the molecule is Clc1nc2c(c(Nc3cccc(Br)c3)n1)SCC2. The molecule has 0 unspecified atom stereocenters. The molecule has 0 spiro atoms. The Morgan fingerprint density at radius 2 is 2.22 bits per heavy atom. The number of anilines is 2. The van der Waals surface area contributed by atoms with Crippen LogP contribution in [0.15, 0.2) is 33.6 Å². The molecule has 0 fully saturated rings. The summed E-state index contributed by atoms with van der Waals surface area (Å²) in [6.45, 7) is 0. The molecule has 0 saturated heterocycles. The van der Waals surface area contributed by atoms with Gasteiger partial charge in [-0.3, -0.25) is 0 Å². The fourth-order valence-corrected chi connectivity index (χ4v) is 3.46. The second-order valence-electron chi connectivity index (χ2n) is 3.85. The summed E-state index contributed by atoms with van der Waals surface area (Å²) in [5.41, 5.74) is 2.02. The number of aromatic nitrogens is 2. The molecule has 1 aliphatic heterocycles. The third kappa shape index (κ3) is 2.48. The molecule has 1 aromatic carbocycles. The van der Waals surface area contributed by atoms with Gasteiger partial charge in [0.1, 0.15) is 5.82 Å². The highest BCUT2D eigenvalue weighted by molar-refractivity contribution is 9.10. The van der Waals surface area contributed by atoms with Crippen molar-refractivity contribution in [1.29, 1.82) is 0 Å². The number of thioether (sulfide) groups is 1. The largest absolute Gasteiger partial charge is 0.339 e. The van der Waals surface area contributed by atoms with Gasteiger partial charge < -0.3 is 5.32 Å². The monoisotopic (exact) mass is 341 g/mol. The van der Waals surface area contributed by atoms with Gasteiger partial charge in [0.05, 0.1) is 10.6 Å². The normalized spacial score (nSPS) is 13.4. The van der Waals surface area contributed by atoms with Crippen molar-refractivity contribution >= 4 is 50.8 Å². The van der Waals surface area contributed by atoms with Crippen LogP contribution in [0.3, 0.4) is 0 Å². The Labute approximate surface area is 122 Å². The molecule has 0 amide bonds. The van der Waals surface area contributed by atoms with Crippen LogP contribution in [0.1, 0.15) is 5.69 Å². The Bertz CT molecular complexity index is 606. The smallest absolute Gasteiger partial charge is 0.224 e. The van der Waals surface area contributed by atoms with E-state index in [9.17, 15) is 0 Å². The summed E-state index contributed by atoms with van der Waals surface area (Å²) in [5, 5.41) is 3.60. The number of fused-ring (bicyclic) bond motifs is 1. The molecule has 3 nitrogen and oxygen atoms in total. The summed E-state index contributed by atoms with van der Waals surface area (Å²) in [5.74, 6) is 1.84. The van der Waals surface area contributed by atoms with E-state index in [4.69, 9.17) is 11.6 Å². The number of rotatable bonds is 2. The molecule has 0 atom stereocenters. The molecule has 0 radical (unpaired) electrons. The van der Waals surface area contributed by atoms with Gasteiger partial charge in [0.2, 0.25) is 5.28 Å². The fourth-order valence-electron chi connectivity index (χ4n) is 1.83. The van der Waals surface area contributed by atoms with Crippen molar-refractivity contribution in [3.63, 3.8) is 0 Å². The summed E-state index contributed by atoms with van der Waals surface area (Å²) < 4.78 is 1.02. The van der Waals surface area contributed by atoms with Gasteiger partial charge in [-0.15, -0.1) is 11.8 Å². The van der Waals surface area contributed by atoms with E-state index < -0.39 is 0 Å². The molecule has 0 saturated carbocycles. The lowest BCUT2D eigenvalue weighted by Crippen LogP contribution is -1.99. The third-order valence-corrected chi connectivity index (χ3v) is 4.37. The Morgan fingerprint density at radius 1 is 1.33 bits per heavy atom. The van der Waals surface area contributed by atoms with E-state index in [0.29, 0.717) is 5.28 Å². The van der Waals surface area contributed by atoms with E-state index in [1.165, 1.54) is 0 Å². The van der Waals surface area contributed by atoms with Crippen LogP contribution in [0, 0.1) is 0 Å². The maximum Gasteiger partial charge on any atom is 0.224 e. The van der Waals surface area contributed by atoms with Crippen molar-refractivity contribution in [2.24, 2.45) is 0 Å². The molecule has 1 aliphatic rings. The van der Waals surface area contributed by atoms with Crippen LogP contribution in [0.4, 0.5) is 11.5 Å². The van der Waals surface area contributed by atoms with Crippen LogP contribution in [0.25, 0.3) is 0 Å². The summed E-state index contributed by atoms with van der Waals surface area (Å²) >= 11 is 11.2. The first-order valence-electron chi connectivity index (χ1n) is 5.44. The molecule has 2 aromatic rings. The Hall–Kier alpha value is -0.780. The maximum absolute atomic E-state index is 5.95. The Morgan fingerprint density at radius 3 is 3.06 bits per heavy atom. The van der Waals surface area contributed by atoms with E-state index >= 15 is 0 Å². The average Bonchev–Trinajstić information content (AvgIpc) is 2.77. The van der Waals surface area contributed by atoms with Crippen molar-refractivity contribution in [2.45, 2.75) is 11.3 Å². The van der Waals surface area contributed by atoms with Gasteiger partial charge in [0, 0.05) is 22.3 Å². The Kier molecular flexibility index (Phi) is 3.46. The minimum absolute atomic E-state index is 0.300. The summed E-state index contributed by atoms with van der Waals surface area (Å²) in [6.07, 6.45) is 0.954. The van der Waals surface area contributed by atoms with Crippen LogP contribution < -0.4 is 5.32 Å². The lowest BCUT2D eigenvalue weighted by Gasteiger charge is -2.10. The van der Waals surface area contributed by atoms with E-state index in [1.54, 1.807) is 11.8 Å². The van der Waals surface area contributed by atoms with Gasteiger partial charge in [-0.1, -0.05) is 22.0 Å². The molecule has 1 N–H and O–H groups in total. The van der Waals surface area contributed by atoms with Crippen LogP contribution in [-0.2, 0) is 6.42 Å². The van der Waals surface area contributed by atoms with Gasteiger partial charge in [0.25, 0.3) is 0 Å². The van der Waals surface area contributed by atoms with Gasteiger partial charge in [-0.2, -0.15) is 4.98 Å².